The number of carbonyl (C=O) groups excluding carboxylic acids is 2. The molecule has 0 atom stereocenters. The molecule has 4 rings (SSSR count). The van der Waals surface area contributed by atoms with Crippen LogP contribution in [0.3, 0.4) is 0 Å². The number of anilines is 2. The van der Waals surface area contributed by atoms with Crippen LogP contribution in [0.4, 0.5) is 11.5 Å². The maximum Gasteiger partial charge on any atom is 0.291 e. The summed E-state index contributed by atoms with van der Waals surface area (Å²) in [6.07, 6.45) is 1.92. The highest BCUT2D eigenvalue weighted by atomic mass is 16.3. The van der Waals surface area contributed by atoms with E-state index in [1.165, 1.54) is 0 Å². The number of para-hydroxylation sites is 1. The summed E-state index contributed by atoms with van der Waals surface area (Å²) in [7, 11) is 0. The van der Waals surface area contributed by atoms with Gasteiger partial charge < -0.3 is 15.1 Å². The third kappa shape index (κ3) is 4.50. The van der Waals surface area contributed by atoms with Crippen molar-refractivity contribution in [2.45, 2.75) is 13.3 Å². The first-order valence-corrected chi connectivity index (χ1v) is 9.18. The number of furan rings is 1. The van der Waals surface area contributed by atoms with Gasteiger partial charge in [-0.15, -0.1) is 0 Å². The van der Waals surface area contributed by atoms with E-state index in [0.717, 1.165) is 16.5 Å². The van der Waals surface area contributed by atoms with Crippen LogP contribution in [-0.2, 0) is 11.2 Å². The van der Waals surface area contributed by atoms with E-state index in [1.807, 2.05) is 37.3 Å². The van der Waals surface area contributed by atoms with Gasteiger partial charge in [-0.3, -0.25) is 9.59 Å². The summed E-state index contributed by atoms with van der Waals surface area (Å²) in [4.78, 5) is 28.7. The second-order valence-electron chi connectivity index (χ2n) is 6.75. The Morgan fingerprint density at radius 1 is 0.966 bits per heavy atom. The Bertz CT molecular complexity index is 1130. The Labute approximate surface area is 167 Å². The fraction of sp³-hybridized carbons (Fsp3) is 0.0870. The molecule has 2 heterocycles. The van der Waals surface area contributed by atoms with Crippen LogP contribution in [0.25, 0.3) is 11.0 Å². The topological polar surface area (TPSA) is 84.2 Å². The molecule has 144 valence electrons. The molecular formula is C23H19N3O3. The normalized spacial score (nSPS) is 10.7. The van der Waals surface area contributed by atoms with E-state index < -0.39 is 0 Å². The number of hydrogen-bond acceptors (Lipinski definition) is 4. The van der Waals surface area contributed by atoms with Gasteiger partial charge in [0.2, 0.25) is 5.91 Å². The van der Waals surface area contributed by atoms with E-state index in [4.69, 9.17) is 4.42 Å². The van der Waals surface area contributed by atoms with Crippen LogP contribution < -0.4 is 10.6 Å². The predicted octanol–water partition coefficient (Wildman–Crippen LogP) is 4.57. The molecule has 0 fully saturated rings. The summed E-state index contributed by atoms with van der Waals surface area (Å²) >= 11 is 0. The van der Waals surface area contributed by atoms with Crippen LogP contribution in [0.15, 0.2) is 77.3 Å². The zero-order valence-electron chi connectivity index (χ0n) is 15.8. The smallest absolute Gasteiger partial charge is 0.291 e. The van der Waals surface area contributed by atoms with Gasteiger partial charge in [0.05, 0.1) is 6.42 Å². The Balaban J connectivity index is 1.36. The van der Waals surface area contributed by atoms with Gasteiger partial charge in [-0.05, 0) is 48.4 Å². The monoisotopic (exact) mass is 385 g/mol. The van der Waals surface area contributed by atoms with Crippen molar-refractivity contribution in [2.75, 3.05) is 10.6 Å². The molecule has 4 aromatic rings. The molecule has 0 spiro atoms. The lowest BCUT2D eigenvalue weighted by Gasteiger charge is -2.07. The number of pyridine rings is 1. The molecule has 29 heavy (non-hydrogen) atoms. The molecular weight excluding hydrogens is 366 g/mol. The highest BCUT2D eigenvalue weighted by Crippen LogP contribution is 2.20. The van der Waals surface area contributed by atoms with Crippen LogP contribution in [0.2, 0.25) is 0 Å². The standard InChI is InChI=1S/C23H19N3O3/c1-15-6-11-21(24-14-15)26-22(27)12-16-7-9-18(10-8-16)25-23(28)20-13-17-4-2-3-5-19(17)29-20/h2-11,13-14H,12H2,1H3,(H,25,28)(H,24,26,27). The van der Waals surface area contributed by atoms with Crippen molar-refractivity contribution in [1.82, 2.24) is 4.98 Å². The van der Waals surface area contributed by atoms with Gasteiger partial charge in [-0.25, -0.2) is 4.98 Å². The molecule has 2 aromatic carbocycles. The molecule has 0 aliphatic rings. The number of aromatic nitrogens is 1. The molecule has 0 bridgehead atoms. The Morgan fingerprint density at radius 2 is 1.76 bits per heavy atom. The molecule has 2 amide bonds. The number of hydrogen-bond donors (Lipinski definition) is 2. The second-order valence-corrected chi connectivity index (χ2v) is 6.75. The van der Waals surface area contributed by atoms with Crippen molar-refractivity contribution >= 4 is 34.3 Å². The van der Waals surface area contributed by atoms with Crippen LogP contribution in [0.5, 0.6) is 0 Å². The minimum absolute atomic E-state index is 0.152. The van der Waals surface area contributed by atoms with E-state index >= 15 is 0 Å². The van der Waals surface area contributed by atoms with Crippen molar-refractivity contribution in [2.24, 2.45) is 0 Å². The highest BCUT2D eigenvalue weighted by molar-refractivity contribution is 6.04. The van der Waals surface area contributed by atoms with Crippen molar-refractivity contribution in [3.63, 3.8) is 0 Å². The van der Waals surface area contributed by atoms with E-state index in [0.29, 0.717) is 17.1 Å². The number of amides is 2. The molecule has 0 saturated carbocycles. The number of nitrogens with one attached hydrogen (secondary N) is 2. The lowest BCUT2D eigenvalue weighted by molar-refractivity contribution is -0.115. The molecule has 2 N–H and O–H groups in total. The number of benzene rings is 2. The van der Waals surface area contributed by atoms with Gasteiger partial charge in [0.1, 0.15) is 11.4 Å². The summed E-state index contributed by atoms with van der Waals surface area (Å²) < 4.78 is 5.57. The Kier molecular flexibility index (Phi) is 5.07. The van der Waals surface area contributed by atoms with Crippen molar-refractivity contribution < 1.29 is 14.0 Å². The van der Waals surface area contributed by atoms with Crippen molar-refractivity contribution in [1.29, 1.82) is 0 Å². The number of nitrogens with zero attached hydrogens (tertiary/aromatic N) is 1. The summed E-state index contributed by atoms with van der Waals surface area (Å²) in [5.41, 5.74) is 3.15. The lowest BCUT2D eigenvalue weighted by atomic mass is 10.1. The van der Waals surface area contributed by atoms with Gasteiger partial charge in [-0.2, -0.15) is 0 Å². The van der Waals surface area contributed by atoms with E-state index in [1.54, 1.807) is 42.6 Å². The maximum atomic E-state index is 12.4. The highest BCUT2D eigenvalue weighted by Gasteiger charge is 2.12. The third-order valence-corrected chi connectivity index (χ3v) is 4.40. The molecule has 0 saturated heterocycles. The Morgan fingerprint density at radius 3 is 2.48 bits per heavy atom. The molecule has 6 nitrogen and oxygen atoms in total. The first-order chi connectivity index (χ1) is 14.1. The Hall–Kier alpha value is -3.93. The molecule has 0 unspecified atom stereocenters. The zero-order chi connectivity index (χ0) is 20.2. The largest absolute Gasteiger partial charge is 0.451 e. The number of carbonyl (C=O) groups is 2. The second kappa shape index (κ2) is 7.98. The van der Waals surface area contributed by atoms with Gasteiger partial charge in [-0.1, -0.05) is 36.4 Å². The minimum atomic E-state index is -0.322. The number of rotatable bonds is 5. The van der Waals surface area contributed by atoms with Crippen molar-refractivity contribution in [3.05, 3.63) is 89.8 Å². The first kappa shape index (κ1) is 18.4. The predicted molar refractivity (Wildman–Crippen MR) is 112 cm³/mol. The molecule has 6 heteroatoms. The lowest BCUT2D eigenvalue weighted by Crippen LogP contribution is -2.15. The minimum Gasteiger partial charge on any atom is -0.451 e. The molecule has 2 aromatic heterocycles. The van der Waals surface area contributed by atoms with Gasteiger partial charge in [0, 0.05) is 17.3 Å². The van der Waals surface area contributed by atoms with Gasteiger partial charge in [0.25, 0.3) is 5.91 Å². The average Bonchev–Trinajstić information content (AvgIpc) is 3.16. The summed E-state index contributed by atoms with van der Waals surface area (Å²) in [5, 5.41) is 6.44. The quantitative estimate of drug-likeness (QED) is 0.527. The van der Waals surface area contributed by atoms with E-state index in [9.17, 15) is 9.59 Å². The van der Waals surface area contributed by atoms with E-state index in [2.05, 4.69) is 15.6 Å². The molecule has 0 aliphatic heterocycles. The summed E-state index contributed by atoms with van der Waals surface area (Å²) in [6.45, 7) is 1.94. The average molecular weight is 385 g/mol. The number of aryl methyl sites for hydroxylation is 1. The molecule has 0 aliphatic carbocycles. The molecule has 0 radical (unpaired) electrons. The van der Waals surface area contributed by atoms with Gasteiger partial charge >= 0.3 is 0 Å². The van der Waals surface area contributed by atoms with E-state index in [-0.39, 0.29) is 24.0 Å². The number of fused-ring (bicyclic) bond motifs is 1. The van der Waals surface area contributed by atoms with Crippen molar-refractivity contribution in [3.8, 4) is 0 Å². The third-order valence-electron chi connectivity index (χ3n) is 4.40. The summed E-state index contributed by atoms with van der Waals surface area (Å²) in [6, 6.07) is 19.9. The SMILES string of the molecule is Cc1ccc(NC(=O)Cc2ccc(NC(=O)c3cc4ccccc4o3)cc2)nc1. The van der Waals surface area contributed by atoms with Crippen LogP contribution in [0, 0.1) is 6.92 Å². The zero-order valence-corrected chi connectivity index (χ0v) is 15.8. The van der Waals surface area contributed by atoms with Gasteiger partial charge in [0.15, 0.2) is 5.76 Å². The van der Waals surface area contributed by atoms with Crippen LogP contribution >= 0.6 is 0 Å². The summed E-state index contributed by atoms with van der Waals surface area (Å²) in [5.74, 6) is 0.299. The fourth-order valence-electron chi connectivity index (χ4n) is 2.91. The maximum absolute atomic E-state index is 12.4. The van der Waals surface area contributed by atoms with Crippen LogP contribution in [0.1, 0.15) is 21.7 Å². The first-order valence-electron chi connectivity index (χ1n) is 9.18. The van der Waals surface area contributed by atoms with Crippen LogP contribution in [-0.4, -0.2) is 16.8 Å². The fourth-order valence-corrected chi connectivity index (χ4v) is 2.91.